The number of hydrogen-bond donors (Lipinski definition) is 1. The summed E-state index contributed by atoms with van der Waals surface area (Å²) >= 11 is 0. The van der Waals surface area contributed by atoms with E-state index in [0.29, 0.717) is 13.0 Å². The van der Waals surface area contributed by atoms with E-state index in [1.165, 1.54) is 0 Å². The van der Waals surface area contributed by atoms with Crippen LogP contribution >= 0.6 is 0 Å². The van der Waals surface area contributed by atoms with Crippen molar-refractivity contribution in [2.24, 2.45) is 0 Å². The van der Waals surface area contributed by atoms with Crippen LogP contribution in [0.4, 0.5) is 13.2 Å². The third kappa shape index (κ3) is 5.59. The molecule has 0 bridgehead atoms. The van der Waals surface area contributed by atoms with Crippen molar-refractivity contribution in [2.75, 3.05) is 6.54 Å². The van der Waals surface area contributed by atoms with Gasteiger partial charge in [0, 0.05) is 18.7 Å². The minimum Gasteiger partial charge on any atom is -0.309 e. The first-order chi connectivity index (χ1) is 8.83. The van der Waals surface area contributed by atoms with Gasteiger partial charge in [-0.1, -0.05) is 13.0 Å². The fourth-order valence-corrected chi connectivity index (χ4v) is 2.18. The zero-order chi connectivity index (χ0) is 14.5. The second-order valence-corrected chi connectivity index (χ2v) is 4.83. The number of rotatable bonds is 6. The molecule has 0 aliphatic rings. The summed E-state index contributed by atoms with van der Waals surface area (Å²) in [7, 11) is 0. The van der Waals surface area contributed by atoms with Crippen molar-refractivity contribution in [2.45, 2.75) is 52.3 Å². The highest BCUT2D eigenvalue weighted by atomic mass is 19.4. The second kappa shape index (κ2) is 6.89. The molecule has 2 nitrogen and oxygen atoms in total. The fraction of sp³-hybridized carbons (Fsp3) is 0.643. The minimum atomic E-state index is -4.08. The predicted molar refractivity (Wildman–Crippen MR) is 70.0 cm³/mol. The van der Waals surface area contributed by atoms with Crippen LogP contribution in [0.5, 0.6) is 0 Å². The normalized spacial score (nSPS) is 13.6. The van der Waals surface area contributed by atoms with Gasteiger partial charge in [0.15, 0.2) is 0 Å². The molecule has 0 spiro atoms. The summed E-state index contributed by atoms with van der Waals surface area (Å²) in [6, 6.07) is 1.91. The lowest BCUT2D eigenvalue weighted by atomic mass is 10.0. The van der Waals surface area contributed by atoms with Gasteiger partial charge in [-0.15, -0.1) is 0 Å². The van der Waals surface area contributed by atoms with E-state index in [-0.39, 0.29) is 12.5 Å². The molecule has 1 heterocycles. The first-order valence-electron chi connectivity index (χ1n) is 6.56. The average Bonchev–Trinajstić information content (AvgIpc) is 2.26. The van der Waals surface area contributed by atoms with Crippen molar-refractivity contribution in [3.63, 3.8) is 0 Å². The average molecular weight is 274 g/mol. The molecule has 0 aliphatic carbocycles. The maximum absolute atomic E-state index is 12.2. The molecule has 1 aromatic heterocycles. The van der Waals surface area contributed by atoms with Crippen LogP contribution in [0, 0.1) is 13.8 Å². The Kier molecular flexibility index (Phi) is 5.79. The highest BCUT2D eigenvalue weighted by Crippen LogP contribution is 2.26. The number of hydrogen-bond acceptors (Lipinski definition) is 2. The summed E-state index contributed by atoms with van der Waals surface area (Å²) in [4.78, 5) is 4.37. The van der Waals surface area contributed by atoms with E-state index in [4.69, 9.17) is 0 Å². The van der Waals surface area contributed by atoms with E-state index in [0.717, 1.165) is 16.8 Å². The molecule has 0 saturated heterocycles. The zero-order valence-corrected chi connectivity index (χ0v) is 11.6. The molecule has 1 unspecified atom stereocenters. The van der Waals surface area contributed by atoms with Crippen molar-refractivity contribution in [1.29, 1.82) is 0 Å². The largest absolute Gasteiger partial charge is 0.389 e. The van der Waals surface area contributed by atoms with Crippen molar-refractivity contribution in [3.05, 3.63) is 29.1 Å². The summed E-state index contributed by atoms with van der Waals surface area (Å²) in [5.41, 5.74) is 2.94. The predicted octanol–water partition coefficient (Wildman–Crippen LogP) is 4.08. The quantitative estimate of drug-likeness (QED) is 0.845. The summed E-state index contributed by atoms with van der Waals surface area (Å²) in [6.45, 7) is 6.56. The summed E-state index contributed by atoms with van der Waals surface area (Å²) < 4.78 is 36.6. The highest BCUT2D eigenvalue weighted by molar-refractivity contribution is 5.25. The lowest BCUT2D eigenvalue weighted by Crippen LogP contribution is -2.23. The van der Waals surface area contributed by atoms with E-state index in [1.807, 2.05) is 26.8 Å². The summed E-state index contributed by atoms with van der Waals surface area (Å²) in [5, 5.41) is 3.22. The van der Waals surface area contributed by atoms with Gasteiger partial charge in [0.1, 0.15) is 0 Å². The van der Waals surface area contributed by atoms with Gasteiger partial charge in [0.05, 0.1) is 5.69 Å². The van der Waals surface area contributed by atoms with E-state index < -0.39 is 12.6 Å². The highest BCUT2D eigenvalue weighted by Gasteiger charge is 2.27. The Labute approximate surface area is 112 Å². The molecule has 0 saturated carbocycles. The van der Waals surface area contributed by atoms with E-state index >= 15 is 0 Å². The van der Waals surface area contributed by atoms with Crippen LogP contribution in [0.2, 0.25) is 0 Å². The van der Waals surface area contributed by atoms with Crippen LogP contribution < -0.4 is 5.32 Å². The molecule has 1 aromatic rings. The maximum Gasteiger partial charge on any atom is 0.389 e. The maximum atomic E-state index is 12.2. The Bertz CT molecular complexity index is 402. The first-order valence-corrected chi connectivity index (χ1v) is 6.56. The monoisotopic (exact) mass is 274 g/mol. The van der Waals surface area contributed by atoms with Crippen LogP contribution in [-0.2, 0) is 0 Å². The molecule has 1 rings (SSSR count). The topological polar surface area (TPSA) is 24.9 Å². The molecule has 0 amide bonds. The standard InChI is InChI=1S/C14H21F3N2/c1-4-18-12(6-5-7-14(15,16)17)13-11(3)8-10(2)9-19-13/h8-9,12,18H,4-7H2,1-3H3. The number of aryl methyl sites for hydroxylation is 2. The molecule has 0 radical (unpaired) electrons. The zero-order valence-electron chi connectivity index (χ0n) is 11.6. The third-order valence-corrected chi connectivity index (χ3v) is 2.99. The van der Waals surface area contributed by atoms with E-state index in [9.17, 15) is 13.2 Å². The number of nitrogens with zero attached hydrogens (tertiary/aromatic N) is 1. The third-order valence-electron chi connectivity index (χ3n) is 2.99. The molecule has 0 aliphatic heterocycles. The second-order valence-electron chi connectivity index (χ2n) is 4.83. The summed E-state index contributed by atoms with van der Waals surface area (Å²) in [5.74, 6) is 0. The number of pyridine rings is 1. The van der Waals surface area contributed by atoms with Crippen LogP contribution in [0.1, 0.15) is 49.0 Å². The van der Waals surface area contributed by atoms with Gasteiger partial charge in [0.2, 0.25) is 0 Å². The van der Waals surface area contributed by atoms with Crippen molar-refractivity contribution in [1.82, 2.24) is 10.3 Å². The number of nitrogens with one attached hydrogen (secondary N) is 1. The lowest BCUT2D eigenvalue weighted by molar-refractivity contribution is -0.135. The van der Waals surface area contributed by atoms with Crippen molar-refractivity contribution < 1.29 is 13.2 Å². The van der Waals surface area contributed by atoms with Gasteiger partial charge in [0.25, 0.3) is 0 Å². The van der Waals surface area contributed by atoms with Crippen LogP contribution in [0.15, 0.2) is 12.3 Å². The van der Waals surface area contributed by atoms with E-state index in [2.05, 4.69) is 10.3 Å². The minimum absolute atomic E-state index is 0.104. The van der Waals surface area contributed by atoms with E-state index in [1.54, 1.807) is 6.20 Å². The molecule has 0 fully saturated rings. The van der Waals surface area contributed by atoms with Crippen molar-refractivity contribution in [3.8, 4) is 0 Å². The molecular formula is C14H21F3N2. The Morgan fingerprint density at radius 2 is 2.00 bits per heavy atom. The smallest absolute Gasteiger partial charge is 0.309 e. The SMILES string of the molecule is CCNC(CCCC(F)(F)F)c1ncc(C)cc1C. The van der Waals surface area contributed by atoms with Gasteiger partial charge in [-0.3, -0.25) is 4.98 Å². The first kappa shape index (κ1) is 16.0. The molecule has 5 heteroatoms. The van der Waals surface area contributed by atoms with Crippen LogP contribution in [0.25, 0.3) is 0 Å². The van der Waals surface area contributed by atoms with Gasteiger partial charge >= 0.3 is 6.18 Å². The Hall–Kier alpha value is -1.10. The Morgan fingerprint density at radius 1 is 1.32 bits per heavy atom. The van der Waals surface area contributed by atoms with Gasteiger partial charge in [-0.05, 0) is 44.4 Å². The molecule has 108 valence electrons. The lowest BCUT2D eigenvalue weighted by Gasteiger charge is -2.20. The van der Waals surface area contributed by atoms with Crippen molar-refractivity contribution >= 4 is 0 Å². The molecule has 1 atom stereocenters. The molecule has 0 aromatic carbocycles. The molecular weight excluding hydrogens is 253 g/mol. The molecule has 19 heavy (non-hydrogen) atoms. The number of alkyl halides is 3. The fourth-order valence-electron chi connectivity index (χ4n) is 2.18. The Balaban J connectivity index is 2.71. The van der Waals surface area contributed by atoms with Crippen LogP contribution in [0.3, 0.4) is 0 Å². The molecule has 1 N–H and O–H groups in total. The Morgan fingerprint density at radius 3 is 2.53 bits per heavy atom. The van der Waals surface area contributed by atoms with Gasteiger partial charge in [-0.25, -0.2) is 0 Å². The van der Waals surface area contributed by atoms with Gasteiger partial charge in [-0.2, -0.15) is 13.2 Å². The summed E-state index contributed by atoms with van der Waals surface area (Å²) in [6.07, 6.45) is -2.48. The van der Waals surface area contributed by atoms with Crippen LogP contribution in [-0.4, -0.2) is 17.7 Å². The number of halogens is 3. The van der Waals surface area contributed by atoms with Gasteiger partial charge < -0.3 is 5.32 Å². The number of aromatic nitrogens is 1.